The van der Waals surface area contributed by atoms with Gasteiger partial charge in [-0.3, -0.25) is 5.84 Å². The molecule has 1 aromatic heterocycles. The van der Waals surface area contributed by atoms with Gasteiger partial charge in [-0.1, -0.05) is 19.1 Å². The van der Waals surface area contributed by atoms with Crippen molar-refractivity contribution < 1.29 is 0 Å². The number of aromatic nitrogens is 2. The number of nitrogens with one attached hydrogen (secondary N) is 1. The molecular formula is C11H18N4. The molecule has 0 aliphatic rings. The highest BCUT2D eigenvalue weighted by Gasteiger charge is 2.12. The van der Waals surface area contributed by atoms with E-state index in [0.717, 1.165) is 29.8 Å². The minimum atomic E-state index is -0.0435. The molecule has 0 spiro atoms. The third kappa shape index (κ3) is 3.42. The molecular weight excluding hydrogens is 188 g/mol. The fourth-order valence-electron chi connectivity index (χ4n) is 1.24. The van der Waals surface area contributed by atoms with E-state index in [1.165, 1.54) is 0 Å². The summed E-state index contributed by atoms with van der Waals surface area (Å²) in [5.41, 5.74) is 4.90. The molecule has 0 fully saturated rings. The number of aryl methyl sites for hydroxylation is 1. The molecule has 0 amide bonds. The lowest BCUT2D eigenvalue weighted by Gasteiger charge is -2.15. The number of nitrogens with zero attached hydrogens (tertiary/aromatic N) is 2. The Bertz CT molecular complexity index is 318. The van der Waals surface area contributed by atoms with Crippen molar-refractivity contribution in [3.8, 4) is 0 Å². The largest absolute Gasteiger partial charge is 0.271 e. The van der Waals surface area contributed by atoms with Gasteiger partial charge in [0.25, 0.3) is 0 Å². The molecule has 0 saturated heterocycles. The highest BCUT2D eigenvalue weighted by Crippen LogP contribution is 2.17. The lowest BCUT2D eigenvalue weighted by molar-refractivity contribution is 0.516. The lowest BCUT2D eigenvalue weighted by Crippen LogP contribution is -2.29. The lowest BCUT2D eigenvalue weighted by atomic mass is 10.1. The third-order valence-corrected chi connectivity index (χ3v) is 2.31. The van der Waals surface area contributed by atoms with Gasteiger partial charge in [-0.2, -0.15) is 0 Å². The van der Waals surface area contributed by atoms with E-state index in [-0.39, 0.29) is 6.04 Å². The summed E-state index contributed by atoms with van der Waals surface area (Å²) in [5.74, 6) is 6.19. The van der Waals surface area contributed by atoms with Crippen molar-refractivity contribution in [3.05, 3.63) is 35.9 Å². The van der Waals surface area contributed by atoms with Crippen LogP contribution in [-0.4, -0.2) is 9.97 Å². The minimum absolute atomic E-state index is 0.0435. The summed E-state index contributed by atoms with van der Waals surface area (Å²) in [6, 6.07) is -0.0435. The Morgan fingerprint density at radius 1 is 1.53 bits per heavy atom. The topological polar surface area (TPSA) is 63.8 Å². The van der Waals surface area contributed by atoms with E-state index >= 15 is 0 Å². The van der Waals surface area contributed by atoms with Crippen LogP contribution >= 0.6 is 0 Å². The van der Waals surface area contributed by atoms with Crippen molar-refractivity contribution >= 4 is 0 Å². The fraction of sp³-hybridized carbons (Fsp3) is 0.455. The van der Waals surface area contributed by atoms with Crippen molar-refractivity contribution in [1.82, 2.24) is 15.4 Å². The number of nitrogens with two attached hydrogens (primary N) is 1. The van der Waals surface area contributed by atoms with Gasteiger partial charge in [-0.15, -0.1) is 0 Å². The van der Waals surface area contributed by atoms with Crippen LogP contribution in [0, 0.1) is 6.92 Å². The molecule has 0 saturated carbocycles. The zero-order valence-corrected chi connectivity index (χ0v) is 9.33. The molecule has 1 atom stereocenters. The van der Waals surface area contributed by atoms with Crippen molar-refractivity contribution in [2.45, 2.75) is 32.7 Å². The van der Waals surface area contributed by atoms with Gasteiger partial charge < -0.3 is 0 Å². The van der Waals surface area contributed by atoms with Gasteiger partial charge in [-0.25, -0.2) is 15.4 Å². The molecule has 1 aromatic rings. The van der Waals surface area contributed by atoms with Crippen LogP contribution in [0.25, 0.3) is 0 Å². The molecule has 15 heavy (non-hydrogen) atoms. The Balaban J connectivity index is 2.74. The zero-order valence-electron chi connectivity index (χ0n) is 9.33. The van der Waals surface area contributed by atoms with Gasteiger partial charge in [0.2, 0.25) is 0 Å². The molecule has 82 valence electrons. The van der Waals surface area contributed by atoms with Crippen LogP contribution in [0.1, 0.15) is 37.2 Å². The van der Waals surface area contributed by atoms with Crippen LogP contribution in [0.3, 0.4) is 0 Å². The van der Waals surface area contributed by atoms with Crippen LogP contribution in [0.4, 0.5) is 0 Å². The summed E-state index contributed by atoms with van der Waals surface area (Å²) in [7, 11) is 0. The maximum absolute atomic E-state index is 5.47. The summed E-state index contributed by atoms with van der Waals surface area (Å²) in [6.07, 6.45) is 5.31. The Kier molecular flexibility index (Phi) is 4.39. The van der Waals surface area contributed by atoms with Crippen LogP contribution in [0.15, 0.2) is 24.5 Å². The number of rotatable bonds is 5. The number of hydrogen-bond acceptors (Lipinski definition) is 4. The van der Waals surface area contributed by atoms with E-state index < -0.39 is 0 Å². The molecule has 1 unspecified atom stereocenters. The predicted octanol–water partition coefficient (Wildman–Crippen LogP) is 1.65. The summed E-state index contributed by atoms with van der Waals surface area (Å²) in [5, 5.41) is 0. The second-order valence-corrected chi connectivity index (χ2v) is 3.65. The average Bonchev–Trinajstić information content (AvgIpc) is 2.27. The maximum atomic E-state index is 5.47. The highest BCUT2D eigenvalue weighted by atomic mass is 15.2. The third-order valence-electron chi connectivity index (χ3n) is 2.31. The van der Waals surface area contributed by atoms with E-state index in [0.29, 0.717) is 0 Å². The zero-order chi connectivity index (χ0) is 11.3. The standard InChI is InChI=1S/C11H18N4/c1-4-8(2)5-10(15-12)11-13-6-9(3)7-14-11/h6-7,10,15H,2,4-5,12H2,1,3H3. The number of hydrogen-bond donors (Lipinski definition) is 2. The first kappa shape index (κ1) is 11.8. The molecule has 0 aliphatic carbocycles. The van der Waals surface area contributed by atoms with Gasteiger partial charge in [0.15, 0.2) is 0 Å². The van der Waals surface area contributed by atoms with Crippen molar-refractivity contribution in [1.29, 1.82) is 0 Å². The fourth-order valence-corrected chi connectivity index (χ4v) is 1.24. The van der Waals surface area contributed by atoms with Crippen LogP contribution < -0.4 is 11.3 Å². The van der Waals surface area contributed by atoms with E-state index in [1.54, 1.807) is 12.4 Å². The summed E-state index contributed by atoms with van der Waals surface area (Å²) < 4.78 is 0. The Labute approximate surface area is 90.6 Å². The maximum Gasteiger partial charge on any atom is 0.146 e. The molecule has 0 aromatic carbocycles. The molecule has 1 heterocycles. The minimum Gasteiger partial charge on any atom is -0.271 e. The van der Waals surface area contributed by atoms with Gasteiger partial charge in [-0.05, 0) is 25.3 Å². The van der Waals surface area contributed by atoms with Crippen LogP contribution in [0.5, 0.6) is 0 Å². The van der Waals surface area contributed by atoms with Gasteiger partial charge in [0.05, 0.1) is 6.04 Å². The second kappa shape index (κ2) is 5.58. The monoisotopic (exact) mass is 206 g/mol. The molecule has 4 nitrogen and oxygen atoms in total. The molecule has 0 radical (unpaired) electrons. The molecule has 4 heteroatoms. The Morgan fingerprint density at radius 3 is 2.60 bits per heavy atom. The van der Waals surface area contributed by atoms with Gasteiger partial charge in [0, 0.05) is 12.4 Å². The van der Waals surface area contributed by atoms with Gasteiger partial charge >= 0.3 is 0 Å². The SMILES string of the molecule is C=C(CC)CC(NN)c1ncc(C)cn1. The first-order chi connectivity index (χ1) is 7.17. The van der Waals surface area contributed by atoms with Crippen LogP contribution in [-0.2, 0) is 0 Å². The van der Waals surface area contributed by atoms with Crippen molar-refractivity contribution in [3.63, 3.8) is 0 Å². The first-order valence-corrected chi connectivity index (χ1v) is 5.08. The highest BCUT2D eigenvalue weighted by molar-refractivity contribution is 5.07. The number of hydrazine groups is 1. The quantitative estimate of drug-likeness (QED) is 0.437. The van der Waals surface area contributed by atoms with E-state index in [4.69, 9.17) is 5.84 Å². The van der Waals surface area contributed by atoms with Crippen molar-refractivity contribution in [2.75, 3.05) is 0 Å². The van der Waals surface area contributed by atoms with E-state index in [9.17, 15) is 0 Å². The van der Waals surface area contributed by atoms with Gasteiger partial charge in [0.1, 0.15) is 5.82 Å². The van der Waals surface area contributed by atoms with E-state index in [2.05, 4.69) is 28.9 Å². The smallest absolute Gasteiger partial charge is 0.146 e. The molecule has 0 bridgehead atoms. The average molecular weight is 206 g/mol. The van der Waals surface area contributed by atoms with E-state index in [1.807, 2.05) is 6.92 Å². The summed E-state index contributed by atoms with van der Waals surface area (Å²) in [4.78, 5) is 8.48. The normalized spacial score (nSPS) is 12.5. The molecule has 3 N–H and O–H groups in total. The second-order valence-electron chi connectivity index (χ2n) is 3.65. The Hall–Kier alpha value is -1.26. The molecule has 0 aliphatic heterocycles. The Morgan fingerprint density at radius 2 is 2.13 bits per heavy atom. The molecule has 1 rings (SSSR count). The van der Waals surface area contributed by atoms with Crippen molar-refractivity contribution in [2.24, 2.45) is 5.84 Å². The summed E-state index contributed by atoms with van der Waals surface area (Å²) >= 11 is 0. The first-order valence-electron chi connectivity index (χ1n) is 5.08. The summed E-state index contributed by atoms with van der Waals surface area (Å²) in [6.45, 7) is 7.99. The van der Waals surface area contributed by atoms with Crippen LogP contribution in [0.2, 0.25) is 0 Å². The predicted molar refractivity (Wildman–Crippen MR) is 60.9 cm³/mol.